The Balaban J connectivity index is 2.15. The Morgan fingerprint density at radius 1 is 1.29 bits per heavy atom. The quantitative estimate of drug-likeness (QED) is 0.622. The molecule has 0 radical (unpaired) electrons. The van der Waals surface area contributed by atoms with E-state index in [9.17, 15) is 0 Å². The minimum Gasteiger partial charge on any atom is -0.497 e. The first kappa shape index (κ1) is 12.4. The van der Waals surface area contributed by atoms with Gasteiger partial charge in [0.15, 0.2) is 0 Å². The van der Waals surface area contributed by atoms with Gasteiger partial charge >= 0.3 is 0 Å². The summed E-state index contributed by atoms with van der Waals surface area (Å²) < 4.78 is 5.27. The zero-order valence-electron chi connectivity index (χ0n) is 10.5. The standard InChI is InChI=1S/C14H22N2O/c1-17-13-9-5-8-12(10-13)14(16-15)11-6-3-2-4-7-11/h5,8-11,14,16H,2-4,6-7,15H2,1H3. The van der Waals surface area contributed by atoms with E-state index in [2.05, 4.69) is 17.6 Å². The van der Waals surface area contributed by atoms with Crippen LogP contribution in [0.1, 0.15) is 43.7 Å². The normalized spacial score (nSPS) is 18.9. The average molecular weight is 234 g/mol. The number of benzene rings is 1. The highest BCUT2D eigenvalue weighted by molar-refractivity contribution is 5.30. The molecule has 1 atom stereocenters. The molecule has 0 heterocycles. The third-order valence-corrected chi connectivity index (χ3v) is 3.75. The molecular weight excluding hydrogens is 212 g/mol. The van der Waals surface area contributed by atoms with E-state index in [1.54, 1.807) is 7.11 Å². The Bertz CT molecular complexity index is 348. The van der Waals surface area contributed by atoms with Crippen LogP contribution < -0.4 is 16.0 Å². The number of nitrogens with two attached hydrogens (primary N) is 1. The van der Waals surface area contributed by atoms with Crippen molar-refractivity contribution in [3.8, 4) is 5.75 Å². The molecule has 1 aliphatic carbocycles. The summed E-state index contributed by atoms with van der Waals surface area (Å²) in [7, 11) is 1.70. The summed E-state index contributed by atoms with van der Waals surface area (Å²) in [6.45, 7) is 0. The summed E-state index contributed by atoms with van der Waals surface area (Å²) in [5.74, 6) is 7.29. The maximum atomic E-state index is 5.74. The van der Waals surface area contributed by atoms with Crippen molar-refractivity contribution in [1.29, 1.82) is 0 Å². The Labute approximate surface area is 103 Å². The zero-order chi connectivity index (χ0) is 12.1. The number of ether oxygens (including phenoxy) is 1. The second kappa shape index (κ2) is 6.03. The van der Waals surface area contributed by atoms with Crippen LogP contribution in [0, 0.1) is 5.92 Å². The molecular formula is C14H22N2O. The van der Waals surface area contributed by atoms with Gasteiger partial charge in [-0.05, 0) is 36.5 Å². The molecule has 1 unspecified atom stereocenters. The first-order valence-electron chi connectivity index (χ1n) is 6.45. The van der Waals surface area contributed by atoms with E-state index in [0.717, 1.165) is 5.75 Å². The summed E-state index contributed by atoms with van der Waals surface area (Å²) in [6.07, 6.45) is 6.56. The lowest BCUT2D eigenvalue weighted by atomic mass is 9.81. The number of hydrogen-bond acceptors (Lipinski definition) is 3. The maximum Gasteiger partial charge on any atom is 0.119 e. The third kappa shape index (κ3) is 2.99. The number of hydrogen-bond donors (Lipinski definition) is 2. The van der Waals surface area contributed by atoms with E-state index in [0.29, 0.717) is 5.92 Å². The summed E-state index contributed by atoms with van der Waals surface area (Å²) in [5, 5.41) is 0. The van der Waals surface area contributed by atoms with E-state index in [1.165, 1.54) is 37.7 Å². The average Bonchev–Trinajstić information content (AvgIpc) is 2.41. The van der Waals surface area contributed by atoms with Crippen molar-refractivity contribution in [3.63, 3.8) is 0 Å². The van der Waals surface area contributed by atoms with E-state index in [1.807, 2.05) is 12.1 Å². The minimum atomic E-state index is 0.255. The van der Waals surface area contributed by atoms with Gasteiger partial charge in [0.1, 0.15) is 5.75 Å². The lowest BCUT2D eigenvalue weighted by molar-refractivity contribution is 0.273. The molecule has 1 aliphatic rings. The van der Waals surface area contributed by atoms with Gasteiger partial charge in [0.2, 0.25) is 0 Å². The fourth-order valence-electron chi connectivity index (χ4n) is 2.81. The highest BCUT2D eigenvalue weighted by Gasteiger charge is 2.24. The monoisotopic (exact) mass is 234 g/mol. The van der Waals surface area contributed by atoms with Gasteiger partial charge < -0.3 is 4.74 Å². The van der Waals surface area contributed by atoms with Crippen molar-refractivity contribution in [3.05, 3.63) is 29.8 Å². The van der Waals surface area contributed by atoms with Crippen molar-refractivity contribution in [2.75, 3.05) is 7.11 Å². The highest BCUT2D eigenvalue weighted by atomic mass is 16.5. The summed E-state index contributed by atoms with van der Waals surface area (Å²) in [5.41, 5.74) is 4.22. The zero-order valence-corrected chi connectivity index (χ0v) is 10.5. The van der Waals surface area contributed by atoms with Gasteiger partial charge in [-0.2, -0.15) is 0 Å². The highest BCUT2D eigenvalue weighted by Crippen LogP contribution is 2.34. The molecule has 17 heavy (non-hydrogen) atoms. The first-order chi connectivity index (χ1) is 8.35. The fourth-order valence-corrected chi connectivity index (χ4v) is 2.81. The number of nitrogens with one attached hydrogen (secondary N) is 1. The van der Waals surface area contributed by atoms with Crippen LogP contribution in [0.15, 0.2) is 24.3 Å². The Kier molecular flexibility index (Phi) is 4.40. The van der Waals surface area contributed by atoms with E-state index < -0.39 is 0 Å². The number of hydrazine groups is 1. The number of methoxy groups -OCH3 is 1. The molecule has 3 nitrogen and oxygen atoms in total. The molecule has 0 bridgehead atoms. The van der Waals surface area contributed by atoms with Crippen LogP contribution in [0.2, 0.25) is 0 Å². The predicted molar refractivity (Wildman–Crippen MR) is 69.6 cm³/mol. The van der Waals surface area contributed by atoms with Crippen molar-refractivity contribution in [2.45, 2.75) is 38.1 Å². The van der Waals surface area contributed by atoms with Gasteiger partial charge in [-0.15, -0.1) is 0 Å². The third-order valence-electron chi connectivity index (χ3n) is 3.75. The van der Waals surface area contributed by atoms with Crippen molar-refractivity contribution >= 4 is 0 Å². The smallest absolute Gasteiger partial charge is 0.119 e. The molecule has 1 aromatic carbocycles. The van der Waals surface area contributed by atoms with Crippen LogP contribution in [-0.2, 0) is 0 Å². The fraction of sp³-hybridized carbons (Fsp3) is 0.571. The molecule has 0 aliphatic heterocycles. The van der Waals surface area contributed by atoms with Gasteiger partial charge in [0.25, 0.3) is 0 Å². The second-order valence-electron chi connectivity index (χ2n) is 4.82. The van der Waals surface area contributed by atoms with Gasteiger partial charge in [-0.25, -0.2) is 0 Å². The molecule has 3 N–H and O–H groups in total. The van der Waals surface area contributed by atoms with Crippen LogP contribution in [-0.4, -0.2) is 7.11 Å². The molecule has 0 aromatic heterocycles. The lowest BCUT2D eigenvalue weighted by Crippen LogP contribution is -2.34. The van der Waals surface area contributed by atoms with Crippen LogP contribution in [0.5, 0.6) is 5.75 Å². The number of rotatable bonds is 4. The van der Waals surface area contributed by atoms with Crippen molar-refractivity contribution in [1.82, 2.24) is 5.43 Å². The van der Waals surface area contributed by atoms with E-state index in [4.69, 9.17) is 10.6 Å². The van der Waals surface area contributed by atoms with Crippen LogP contribution >= 0.6 is 0 Å². The predicted octanol–water partition coefficient (Wildman–Crippen LogP) is 2.78. The van der Waals surface area contributed by atoms with Crippen LogP contribution in [0.25, 0.3) is 0 Å². The minimum absolute atomic E-state index is 0.255. The van der Waals surface area contributed by atoms with Gasteiger partial charge in [-0.1, -0.05) is 31.4 Å². The van der Waals surface area contributed by atoms with Crippen molar-refractivity contribution in [2.24, 2.45) is 11.8 Å². The molecule has 0 spiro atoms. The molecule has 94 valence electrons. The molecule has 2 rings (SSSR count). The van der Waals surface area contributed by atoms with Crippen molar-refractivity contribution < 1.29 is 4.74 Å². The lowest BCUT2D eigenvalue weighted by Gasteiger charge is -2.30. The molecule has 1 saturated carbocycles. The van der Waals surface area contributed by atoms with E-state index >= 15 is 0 Å². The molecule has 0 saturated heterocycles. The van der Waals surface area contributed by atoms with E-state index in [-0.39, 0.29) is 6.04 Å². The summed E-state index contributed by atoms with van der Waals surface area (Å²) in [6, 6.07) is 8.46. The SMILES string of the molecule is COc1cccc(C(NN)C2CCCCC2)c1. The Morgan fingerprint density at radius 3 is 2.71 bits per heavy atom. The molecule has 1 fully saturated rings. The first-order valence-corrected chi connectivity index (χ1v) is 6.45. The van der Waals surface area contributed by atoms with Crippen LogP contribution in [0.4, 0.5) is 0 Å². The molecule has 3 heteroatoms. The summed E-state index contributed by atoms with van der Waals surface area (Å²) in [4.78, 5) is 0. The Hall–Kier alpha value is -1.06. The van der Waals surface area contributed by atoms with Gasteiger partial charge in [0.05, 0.1) is 7.11 Å². The van der Waals surface area contributed by atoms with Gasteiger partial charge in [-0.3, -0.25) is 11.3 Å². The van der Waals surface area contributed by atoms with Crippen LogP contribution in [0.3, 0.4) is 0 Å². The van der Waals surface area contributed by atoms with Gasteiger partial charge in [0, 0.05) is 6.04 Å². The second-order valence-corrected chi connectivity index (χ2v) is 4.82. The molecule has 1 aromatic rings. The largest absolute Gasteiger partial charge is 0.497 e. The topological polar surface area (TPSA) is 47.3 Å². The molecule has 0 amide bonds. The summed E-state index contributed by atoms with van der Waals surface area (Å²) >= 11 is 0. The Morgan fingerprint density at radius 2 is 2.06 bits per heavy atom. The maximum absolute atomic E-state index is 5.74.